The van der Waals surface area contributed by atoms with Crippen LogP contribution in [0, 0.1) is 5.82 Å². The minimum absolute atomic E-state index is 0. The molecule has 1 aromatic rings. The van der Waals surface area contributed by atoms with Gasteiger partial charge >= 0.3 is 0 Å². The molecule has 1 aliphatic heterocycles. The summed E-state index contributed by atoms with van der Waals surface area (Å²) in [5, 5.41) is 6.69. The first-order valence-corrected chi connectivity index (χ1v) is 9.08. The summed E-state index contributed by atoms with van der Waals surface area (Å²) < 4.78 is 14.1. The average molecular weight is 474 g/mol. The SMILES string of the molecule is CCNC(=NCC1(c2ccccc2F)CC1)NC1CCC(=O)N(C)C1.I. The predicted octanol–water partition coefficient (Wildman–Crippen LogP) is 2.65. The Labute approximate surface area is 171 Å². The van der Waals surface area contributed by atoms with E-state index in [4.69, 9.17) is 4.99 Å². The van der Waals surface area contributed by atoms with Gasteiger partial charge in [0.05, 0.1) is 6.54 Å². The summed E-state index contributed by atoms with van der Waals surface area (Å²) in [7, 11) is 1.83. The molecule has 144 valence electrons. The molecule has 1 atom stereocenters. The van der Waals surface area contributed by atoms with Crippen LogP contribution < -0.4 is 10.6 Å². The zero-order valence-corrected chi connectivity index (χ0v) is 17.8. The first kappa shape index (κ1) is 20.9. The lowest BCUT2D eigenvalue weighted by Crippen LogP contribution is -2.51. The highest BCUT2D eigenvalue weighted by Crippen LogP contribution is 2.49. The van der Waals surface area contributed by atoms with E-state index in [0.29, 0.717) is 19.5 Å². The molecule has 1 heterocycles. The smallest absolute Gasteiger partial charge is 0.222 e. The number of rotatable bonds is 5. The molecule has 3 rings (SSSR count). The number of benzene rings is 1. The van der Waals surface area contributed by atoms with E-state index in [1.165, 1.54) is 6.07 Å². The van der Waals surface area contributed by atoms with Crippen LogP contribution in [0.15, 0.2) is 29.3 Å². The second kappa shape index (κ2) is 9.01. The molecular weight excluding hydrogens is 446 g/mol. The van der Waals surface area contributed by atoms with Crippen LogP contribution in [0.25, 0.3) is 0 Å². The highest BCUT2D eigenvalue weighted by atomic mass is 127. The molecule has 1 amide bonds. The molecule has 5 nitrogen and oxygen atoms in total. The van der Waals surface area contributed by atoms with Crippen molar-refractivity contribution >= 4 is 35.8 Å². The number of hydrogen-bond acceptors (Lipinski definition) is 2. The number of nitrogens with one attached hydrogen (secondary N) is 2. The number of carbonyl (C=O) groups is 1. The van der Waals surface area contributed by atoms with Gasteiger partial charge in [-0.2, -0.15) is 0 Å². The highest BCUT2D eigenvalue weighted by Gasteiger charge is 2.45. The molecule has 0 aromatic heterocycles. The second-order valence-corrected chi connectivity index (χ2v) is 7.11. The van der Waals surface area contributed by atoms with E-state index in [9.17, 15) is 9.18 Å². The third kappa shape index (κ3) is 4.86. The van der Waals surface area contributed by atoms with Crippen molar-refractivity contribution in [3.8, 4) is 0 Å². The van der Waals surface area contributed by atoms with Gasteiger partial charge in [0.15, 0.2) is 5.96 Å². The summed E-state index contributed by atoms with van der Waals surface area (Å²) in [5.74, 6) is 0.801. The standard InChI is InChI=1S/C19H27FN4O.HI/c1-3-21-18(23-14-8-9-17(25)24(2)12-14)22-13-19(10-11-19)15-6-4-5-7-16(15)20;/h4-7,14H,3,8-13H2,1-2H3,(H2,21,22,23);1H. The Balaban J connectivity index is 0.00000243. The molecular formula is C19H28FIN4O. The molecule has 1 unspecified atom stereocenters. The topological polar surface area (TPSA) is 56.7 Å². The first-order chi connectivity index (χ1) is 12.0. The minimum atomic E-state index is -0.160. The molecule has 7 heteroatoms. The number of likely N-dealkylation sites (tertiary alicyclic amines) is 1. The largest absolute Gasteiger partial charge is 0.357 e. The summed E-state index contributed by atoms with van der Waals surface area (Å²) >= 11 is 0. The maximum atomic E-state index is 14.1. The van der Waals surface area contributed by atoms with Crippen molar-refractivity contribution in [2.45, 2.75) is 44.1 Å². The monoisotopic (exact) mass is 474 g/mol. The predicted molar refractivity (Wildman–Crippen MR) is 113 cm³/mol. The summed E-state index contributed by atoms with van der Waals surface area (Å²) in [6, 6.07) is 7.21. The number of hydrogen-bond donors (Lipinski definition) is 2. The number of nitrogens with zero attached hydrogens (tertiary/aromatic N) is 2. The zero-order chi connectivity index (χ0) is 17.9. The Morgan fingerprint density at radius 1 is 1.38 bits per heavy atom. The number of aliphatic imine (C=N–C) groups is 1. The fraction of sp³-hybridized carbons (Fsp3) is 0.579. The molecule has 1 aliphatic carbocycles. The van der Waals surface area contributed by atoms with Gasteiger partial charge in [0.25, 0.3) is 0 Å². The lowest BCUT2D eigenvalue weighted by Gasteiger charge is -2.31. The van der Waals surface area contributed by atoms with Gasteiger partial charge in [0.1, 0.15) is 5.82 Å². The first-order valence-electron chi connectivity index (χ1n) is 9.08. The van der Waals surface area contributed by atoms with Gasteiger partial charge < -0.3 is 15.5 Å². The van der Waals surface area contributed by atoms with E-state index < -0.39 is 0 Å². The number of likely N-dealkylation sites (N-methyl/N-ethyl adjacent to an activating group) is 1. The van der Waals surface area contributed by atoms with Crippen molar-refractivity contribution in [1.82, 2.24) is 15.5 Å². The summed E-state index contributed by atoms with van der Waals surface area (Å²) in [6.45, 7) is 4.05. The van der Waals surface area contributed by atoms with Gasteiger partial charge in [-0.1, -0.05) is 18.2 Å². The van der Waals surface area contributed by atoms with E-state index in [1.54, 1.807) is 11.0 Å². The summed E-state index contributed by atoms with van der Waals surface area (Å²) in [6.07, 6.45) is 3.31. The van der Waals surface area contributed by atoms with Crippen molar-refractivity contribution in [3.05, 3.63) is 35.6 Å². The van der Waals surface area contributed by atoms with Gasteiger partial charge in [-0.3, -0.25) is 9.79 Å². The van der Waals surface area contributed by atoms with E-state index in [0.717, 1.165) is 37.3 Å². The van der Waals surface area contributed by atoms with Crippen LogP contribution in [-0.4, -0.2) is 49.5 Å². The van der Waals surface area contributed by atoms with Gasteiger partial charge in [-0.05, 0) is 37.8 Å². The van der Waals surface area contributed by atoms with Crippen LogP contribution in [-0.2, 0) is 10.2 Å². The van der Waals surface area contributed by atoms with Gasteiger partial charge in [0.2, 0.25) is 5.91 Å². The average Bonchev–Trinajstić information content (AvgIpc) is 3.38. The normalized spacial score (nSPS) is 21.8. The van der Waals surface area contributed by atoms with Crippen LogP contribution >= 0.6 is 24.0 Å². The second-order valence-electron chi connectivity index (χ2n) is 7.11. The number of guanidine groups is 1. The number of halogens is 2. The van der Waals surface area contributed by atoms with E-state index >= 15 is 0 Å². The third-order valence-corrected chi connectivity index (χ3v) is 5.15. The minimum Gasteiger partial charge on any atom is -0.357 e. The van der Waals surface area contributed by atoms with E-state index in [2.05, 4.69) is 10.6 Å². The fourth-order valence-electron chi connectivity index (χ4n) is 3.43. The van der Waals surface area contributed by atoms with Crippen molar-refractivity contribution in [2.75, 3.05) is 26.7 Å². The van der Waals surface area contributed by atoms with Gasteiger partial charge in [-0.15, -0.1) is 24.0 Å². The lowest BCUT2D eigenvalue weighted by atomic mass is 9.95. The van der Waals surface area contributed by atoms with Crippen LogP contribution in [0.2, 0.25) is 0 Å². The Hall–Kier alpha value is -1.38. The molecule has 2 N–H and O–H groups in total. The summed E-state index contributed by atoms with van der Waals surface area (Å²) in [5.41, 5.74) is 0.616. The quantitative estimate of drug-likeness (QED) is 0.392. The van der Waals surface area contributed by atoms with Crippen LogP contribution in [0.5, 0.6) is 0 Å². The Bertz CT molecular complexity index is 663. The van der Waals surface area contributed by atoms with Crippen molar-refractivity contribution in [3.63, 3.8) is 0 Å². The number of amides is 1. The molecule has 0 radical (unpaired) electrons. The van der Waals surface area contributed by atoms with E-state index in [1.807, 2.05) is 26.1 Å². The molecule has 0 bridgehead atoms. The molecule has 26 heavy (non-hydrogen) atoms. The molecule has 1 saturated carbocycles. The lowest BCUT2D eigenvalue weighted by molar-refractivity contribution is -0.132. The molecule has 1 aromatic carbocycles. The Kier molecular flexibility index (Phi) is 7.25. The molecule has 1 saturated heterocycles. The number of piperidine rings is 1. The van der Waals surface area contributed by atoms with Crippen molar-refractivity contribution in [1.29, 1.82) is 0 Å². The highest BCUT2D eigenvalue weighted by molar-refractivity contribution is 14.0. The van der Waals surface area contributed by atoms with Crippen LogP contribution in [0.4, 0.5) is 4.39 Å². The Morgan fingerprint density at radius 2 is 2.12 bits per heavy atom. The Morgan fingerprint density at radius 3 is 2.73 bits per heavy atom. The summed E-state index contributed by atoms with van der Waals surface area (Å²) in [4.78, 5) is 18.1. The molecule has 2 fully saturated rings. The van der Waals surface area contributed by atoms with Crippen molar-refractivity contribution < 1.29 is 9.18 Å². The van der Waals surface area contributed by atoms with Crippen molar-refractivity contribution in [2.24, 2.45) is 4.99 Å². The van der Waals surface area contributed by atoms with Gasteiger partial charge in [0, 0.05) is 38.0 Å². The third-order valence-electron chi connectivity index (χ3n) is 5.15. The maximum Gasteiger partial charge on any atom is 0.222 e. The zero-order valence-electron chi connectivity index (χ0n) is 15.4. The maximum absolute atomic E-state index is 14.1. The molecule has 0 spiro atoms. The fourth-order valence-corrected chi connectivity index (χ4v) is 3.43. The van der Waals surface area contributed by atoms with Crippen LogP contribution in [0.1, 0.15) is 38.2 Å². The van der Waals surface area contributed by atoms with E-state index in [-0.39, 0.29) is 47.2 Å². The van der Waals surface area contributed by atoms with Gasteiger partial charge in [-0.25, -0.2) is 4.39 Å². The number of carbonyl (C=O) groups excluding carboxylic acids is 1. The van der Waals surface area contributed by atoms with Crippen LogP contribution in [0.3, 0.4) is 0 Å². The molecule has 2 aliphatic rings.